The highest BCUT2D eigenvalue weighted by Crippen LogP contribution is 2.47. The second-order valence-electron chi connectivity index (χ2n) is 5.49. The van der Waals surface area contributed by atoms with E-state index in [-0.39, 0.29) is 5.92 Å². The fourth-order valence-electron chi connectivity index (χ4n) is 1.19. The van der Waals surface area contributed by atoms with Gasteiger partial charge in [-0.3, -0.25) is 0 Å². The van der Waals surface area contributed by atoms with Crippen LogP contribution in [0.1, 0.15) is 34.6 Å². The van der Waals surface area contributed by atoms with Gasteiger partial charge in [-0.15, -0.1) is 0 Å². The highest BCUT2D eigenvalue weighted by molar-refractivity contribution is 4.96. The average molecular weight is 350 g/mol. The van der Waals surface area contributed by atoms with Crippen LogP contribution < -0.4 is 0 Å². The van der Waals surface area contributed by atoms with Crippen LogP contribution in [0.15, 0.2) is 0 Å². The third-order valence-electron chi connectivity index (χ3n) is 3.22. The van der Waals surface area contributed by atoms with Gasteiger partial charge < -0.3 is 5.11 Å². The summed E-state index contributed by atoms with van der Waals surface area (Å²) in [5, 5.41) is 8.51. The van der Waals surface area contributed by atoms with Crippen LogP contribution in [0.3, 0.4) is 0 Å². The molecule has 0 aliphatic heterocycles. The Morgan fingerprint density at radius 2 is 0.909 bits per heavy atom. The molecule has 1 atom stereocenters. The summed E-state index contributed by atoms with van der Waals surface area (Å²) in [5.74, 6) is -3.48. The maximum absolute atomic E-state index is 11.9. The second-order valence-corrected chi connectivity index (χ2v) is 5.49. The predicted molar refractivity (Wildman–Crippen MR) is 62.0 cm³/mol. The minimum atomic E-state index is -5.71. The molecule has 0 spiro atoms. The topological polar surface area (TPSA) is 20.2 Å². The van der Waals surface area contributed by atoms with Gasteiger partial charge in [0, 0.05) is 5.92 Å². The van der Waals surface area contributed by atoms with Gasteiger partial charge in [0.15, 0.2) is 0 Å². The Kier molecular flexibility index (Phi) is 7.79. The fourth-order valence-corrected chi connectivity index (χ4v) is 1.19. The summed E-state index contributed by atoms with van der Waals surface area (Å²) in [5.41, 5.74) is -4.62. The van der Waals surface area contributed by atoms with Crippen molar-refractivity contribution in [3.05, 3.63) is 0 Å². The minimum Gasteiger partial charge on any atom is -0.373 e. The number of rotatable bonds is 2. The molecule has 0 aromatic heterocycles. The number of halogens is 9. The molecule has 0 aliphatic carbocycles. The number of alkyl halides is 9. The quantitative estimate of drug-likeness (QED) is 0.667. The van der Waals surface area contributed by atoms with Crippen LogP contribution in [0.25, 0.3) is 0 Å². The molecule has 0 aromatic rings. The Hall–Kier alpha value is -0.670. The highest BCUT2D eigenvalue weighted by Gasteiger charge is 2.71. The molecule has 0 heterocycles. The van der Waals surface area contributed by atoms with E-state index in [2.05, 4.69) is 0 Å². The van der Waals surface area contributed by atoms with Crippen LogP contribution >= 0.6 is 0 Å². The zero-order chi connectivity index (χ0) is 18.7. The van der Waals surface area contributed by atoms with Gasteiger partial charge in [0.05, 0.1) is 5.92 Å². The van der Waals surface area contributed by atoms with Gasteiger partial charge in [-0.1, -0.05) is 34.6 Å². The van der Waals surface area contributed by atoms with E-state index in [1.54, 1.807) is 13.8 Å². The van der Waals surface area contributed by atoms with Crippen LogP contribution in [0.2, 0.25) is 0 Å². The number of hydrogen-bond acceptors (Lipinski definition) is 1. The first-order valence-corrected chi connectivity index (χ1v) is 6.22. The van der Waals surface area contributed by atoms with Crippen molar-refractivity contribution < 1.29 is 44.6 Å². The lowest BCUT2D eigenvalue weighted by Crippen LogP contribution is -2.60. The third-order valence-corrected chi connectivity index (χ3v) is 3.22. The maximum atomic E-state index is 11.9. The molecule has 1 nitrogen and oxygen atoms in total. The molecule has 0 rings (SSSR count). The maximum Gasteiger partial charge on any atom is 0.426 e. The van der Waals surface area contributed by atoms with Gasteiger partial charge in [-0.2, -0.15) is 39.5 Å². The normalized spacial score (nSPS) is 15.7. The van der Waals surface area contributed by atoms with E-state index in [0.717, 1.165) is 0 Å². The van der Waals surface area contributed by atoms with E-state index in [9.17, 15) is 39.5 Å². The predicted octanol–water partition coefficient (Wildman–Crippen LogP) is 5.34. The van der Waals surface area contributed by atoms with Crippen molar-refractivity contribution in [2.75, 3.05) is 0 Å². The van der Waals surface area contributed by atoms with Crippen molar-refractivity contribution in [3.63, 3.8) is 0 Å². The molecule has 0 amide bonds. The Morgan fingerprint density at radius 1 is 0.636 bits per heavy atom. The van der Waals surface area contributed by atoms with E-state index < -0.39 is 36.0 Å². The van der Waals surface area contributed by atoms with Crippen LogP contribution in [-0.4, -0.2) is 29.2 Å². The highest BCUT2D eigenvalue weighted by atomic mass is 19.4. The SMILES string of the molecule is CC(C)C(C)C(F)(F)F.CC(C)C(O)(C(F)(F)F)C(F)(F)F. The third kappa shape index (κ3) is 5.85. The molecular weight excluding hydrogens is 331 g/mol. The zero-order valence-electron chi connectivity index (χ0n) is 12.6. The van der Waals surface area contributed by atoms with E-state index in [1.165, 1.54) is 6.92 Å². The van der Waals surface area contributed by atoms with E-state index >= 15 is 0 Å². The smallest absolute Gasteiger partial charge is 0.373 e. The summed E-state index contributed by atoms with van der Waals surface area (Å²) in [7, 11) is 0. The molecule has 0 aliphatic rings. The lowest BCUT2D eigenvalue weighted by Gasteiger charge is -2.35. The van der Waals surface area contributed by atoms with E-state index in [1.807, 2.05) is 0 Å². The number of hydrogen-bond donors (Lipinski definition) is 1. The molecule has 0 aromatic carbocycles. The summed E-state index contributed by atoms with van der Waals surface area (Å²) in [6.07, 6.45) is -15.4. The standard InChI is InChI=1S/C6H8F6O.C6H11F3/c1-3(2)4(13,5(7,8)9)6(10,11)12;1-4(2)5(3)6(7,8)9/h3,13H,1-2H3;4-5H,1-3H3. The minimum absolute atomic E-state index is 0.315. The first kappa shape index (κ1) is 23.6. The summed E-state index contributed by atoms with van der Waals surface area (Å²) in [6, 6.07) is 0. The molecule has 10 heteroatoms. The Bertz CT molecular complexity index is 311. The zero-order valence-corrected chi connectivity index (χ0v) is 12.6. The molecule has 1 N–H and O–H groups in total. The van der Waals surface area contributed by atoms with Gasteiger partial charge in [0.2, 0.25) is 0 Å². The Morgan fingerprint density at radius 3 is 0.909 bits per heavy atom. The molecule has 0 bridgehead atoms. The lowest BCUT2D eigenvalue weighted by atomic mass is 9.89. The summed E-state index contributed by atoms with van der Waals surface area (Å²) in [4.78, 5) is 0. The van der Waals surface area contributed by atoms with Crippen LogP contribution in [0, 0.1) is 17.8 Å². The number of aliphatic hydroxyl groups is 1. The van der Waals surface area contributed by atoms with Gasteiger partial charge in [0.1, 0.15) is 0 Å². The Labute approximate surface area is 122 Å². The van der Waals surface area contributed by atoms with E-state index in [4.69, 9.17) is 5.11 Å². The fraction of sp³-hybridized carbons (Fsp3) is 1.00. The molecule has 1 unspecified atom stereocenters. The largest absolute Gasteiger partial charge is 0.426 e. The molecule has 0 saturated heterocycles. The Balaban J connectivity index is 0. The lowest BCUT2D eigenvalue weighted by molar-refractivity contribution is -0.381. The molecule has 22 heavy (non-hydrogen) atoms. The van der Waals surface area contributed by atoms with Crippen molar-refractivity contribution in [1.82, 2.24) is 0 Å². The first-order chi connectivity index (χ1) is 9.30. The molecule has 0 radical (unpaired) electrons. The summed E-state index contributed by atoms with van der Waals surface area (Å²) in [6.45, 7) is 5.64. The van der Waals surface area contributed by atoms with Crippen LogP contribution in [-0.2, 0) is 0 Å². The van der Waals surface area contributed by atoms with Crippen molar-refractivity contribution in [3.8, 4) is 0 Å². The van der Waals surface area contributed by atoms with Crippen molar-refractivity contribution in [1.29, 1.82) is 0 Å². The van der Waals surface area contributed by atoms with Gasteiger partial charge in [-0.05, 0) is 5.92 Å². The van der Waals surface area contributed by atoms with Crippen molar-refractivity contribution in [2.24, 2.45) is 17.8 Å². The first-order valence-electron chi connectivity index (χ1n) is 6.22. The van der Waals surface area contributed by atoms with Crippen molar-refractivity contribution >= 4 is 0 Å². The van der Waals surface area contributed by atoms with E-state index in [0.29, 0.717) is 13.8 Å². The summed E-state index contributed by atoms with van der Waals surface area (Å²) >= 11 is 0. The molecule has 136 valence electrons. The molecular formula is C12H19F9O. The van der Waals surface area contributed by atoms with Gasteiger partial charge in [-0.25, -0.2) is 0 Å². The summed E-state index contributed by atoms with van der Waals surface area (Å²) < 4.78 is 106. The van der Waals surface area contributed by atoms with Crippen LogP contribution in [0.5, 0.6) is 0 Å². The average Bonchev–Trinajstić information content (AvgIpc) is 2.22. The van der Waals surface area contributed by atoms with Gasteiger partial charge in [0.25, 0.3) is 5.60 Å². The second kappa shape index (κ2) is 7.27. The van der Waals surface area contributed by atoms with Crippen molar-refractivity contribution in [2.45, 2.75) is 58.7 Å². The molecule has 0 fully saturated rings. The molecule has 0 saturated carbocycles. The monoisotopic (exact) mass is 350 g/mol. The van der Waals surface area contributed by atoms with Crippen LogP contribution in [0.4, 0.5) is 39.5 Å². The van der Waals surface area contributed by atoms with Gasteiger partial charge >= 0.3 is 18.5 Å².